The molecule has 0 saturated carbocycles. The highest BCUT2D eigenvalue weighted by Crippen LogP contribution is 2.58. The fourth-order valence-electron chi connectivity index (χ4n) is 19.1. The number of fused-ring (bicyclic) bond motifs is 12. The van der Waals surface area contributed by atoms with E-state index in [2.05, 4.69) is 384 Å². The molecule has 0 aliphatic rings. The molecular weight excluding hydrogens is 1810 g/mol. The second-order valence-corrected chi connectivity index (χ2v) is 50.9. The Morgan fingerprint density at radius 2 is 0.345 bits per heavy atom. The van der Waals surface area contributed by atoms with Gasteiger partial charge in [-0.25, -0.2) is 0 Å². The maximum atomic E-state index is 7.52. The van der Waals surface area contributed by atoms with E-state index in [1.54, 1.807) is 21.3 Å². The third-order valence-electron chi connectivity index (χ3n) is 25.9. The molecule has 0 N–H and O–H groups in total. The molecule has 0 aliphatic carbocycles. The van der Waals surface area contributed by atoms with Crippen LogP contribution in [0.2, 0.25) is 0 Å². The number of hydrogen-bond donors (Lipinski definition) is 0. The minimum atomic E-state index is -2.14. The quantitative estimate of drug-likeness (QED) is 0.107. The van der Waals surface area contributed by atoms with Crippen molar-refractivity contribution in [3.05, 3.63) is 262 Å². The molecule has 16 rings (SSSR count). The summed E-state index contributed by atoms with van der Waals surface area (Å²) in [5.41, 5.74) is 28.9. The van der Waals surface area contributed by atoms with Crippen molar-refractivity contribution in [1.29, 1.82) is 0 Å². The van der Waals surface area contributed by atoms with E-state index < -0.39 is 38.4 Å². The number of hydrogen-bond acceptors (Lipinski definition) is 15. The van der Waals surface area contributed by atoms with Crippen LogP contribution in [0.4, 0.5) is 0 Å². The summed E-state index contributed by atoms with van der Waals surface area (Å²) in [6.07, 6.45) is 0. The highest BCUT2D eigenvalue weighted by Gasteiger charge is 2.36. The number of ether oxygens (including phenoxy) is 3. The predicted molar refractivity (Wildman–Crippen MR) is 584 cm³/mol. The zero-order valence-corrected chi connectivity index (χ0v) is 93.3. The average molecular weight is 1950 g/mol. The predicted octanol–water partition coefficient (Wildman–Crippen LogP) is 38.9. The van der Waals surface area contributed by atoms with Gasteiger partial charge in [-0.15, -0.1) is 0 Å². The van der Waals surface area contributed by atoms with Crippen LogP contribution < -0.4 is 32.3 Å². The minimum absolute atomic E-state index is 0.237. The van der Waals surface area contributed by atoms with Gasteiger partial charge in [0.25, 0.3) is 0 Å². The lowest BCUT2D eigenvalue weighted by Crippen LogP contribution is -2.15. The van der Waals surface area contributed by atoms with E-state index in [4.69, 9.17) is 65.9 Å². The standard InChI is InChI=1S/C60H72O8P2.C60H72O7P2/c1-33-21-37(5)51(63-69-65-53-43(25-35(3)27-47(53)57(7,8)9)44-26-36(4)28-48(54(44)66-69)58(10,11)12)41(23-33)42-24-34(2)22-38(6)52(42)64-70-67-55-45(29-39(61-19)31-49(55)59(13,14)15)46-30-40(62-20)32-50(56(46)68-70)60(16,17)18;1-33-21-38(6)51-41(23-33)42-24-34(2)22-39(7)52(42)63-68(62-51)67-56-46(31-40(61-20)32-50(56)60(17,18)19)45-27-37(5)30-49(59(14,15)16)55(45)66-69-64-53-43(25-35(3)28-47(53)57(8,9)10)44-26-36(4)29-48(54(44)65-69)58(11,12)13/h21-32H,1-20H3;21-32H,1-20H3. The largest absolute Gasteiger partial charge is 0.497 e. The molecule has 139 heavy (non-hydrogen) atoms. The molecule has 19 heteroatoms. The Labute approximate surface area is 826 Å². The molecule has 16 aromatic rings. The number of rotatable bonds is 13. The summed E-state index contributed by atoms with van der Waals surface area (Å²) >= 11 is 0. The van der Waals surface area contributed by atoms with Crippen LogP contribution in [-0.2, 0) is 43.3 Å². The Balaban J connectivity index is 0.000000211. The number of methoxy groups -OCH3 is 3. The van der Waals surface area contributed by atoms with Crippen LogP contribution in [0.15, 0.2) is 179 Å². The van der Waals surface area contributed by atoms with Gasteiger partial charge in [0.1, 0.15) is 84.9 Å². The van der Waals surface area contributed by atoms with E-state index in [1.807, 2.05) is 18.2 Å². The van der Waals surface area contributed by atoms with Gasteiger partial charge < -0.3 is 65.9 Å². The molecule has 0 unspecified atom stereocenters. The molecule has 0 amide bonds. The molecule has 4 heterocycles. The smallest absolute Gasteiger partial charge is 0.453 e. The van der Waals surface area contributed by atoms with Crippen LogP contribution in [0.3, 0.4) is 0 Å². The lowest BCUT2D eigenvalue weighted by molar-refractivity contribution is 0.410. The first kappa shape index (κ1) is 102. The summed E-state index contributed by atoms with van der Waals surface area (Å²) in [5.74, 6) is 4.63. The SMILES string of the molecule is COc1cc(-c2cc(C)cc(C(C)(C)C)c2Op2oc3c(C(C)(C)C)cc(C)cc3c3cc(C)cc(C(C)(C)C)c3o2)c(Op2oc3c(C)cc(C)cc3c3cc(C)cc(C)c3o2)c(C(C)(C)C)c1.COc1cc(C(C)(C)C)c2op(Oc3c(C)cc(C)cc3-c3cc(C)cc(C)c3Op3oc4c(C(C)(C)C)cc(C)cc4c4cc(C)cc(C(C)(C)C)c4o3)oc3c(C(C)(C)C)cc(OC)cc3c2c1. The van der Waals surface area contributed by atoms with Gasteiger partial charge in [0.2, 0.25) is 0 Å². The van der Waals surface area contributed by atoms with Gasteiger partial charge in [0, 0.05) is 110 Å². The molecule has 734 valence electrons. The Hall–Kier alpha value is -11.2. The molecular formula is C120H144O15P4. The lowest BCUT2D eigenvalue weighted by atomic mass is 9.81. The molecule has 0 atom stereocenters. The van der Waals surface area contributed by atoms with Crippen LogP contribution in [0.5, 0.6) is 40.2 Å². The molecule has 0 spiro atoms. The second-order valence-electron chi connectivity index (χ2n) is 46.9. The average Bonchev–Trinajstić information content (AvgIpc) is 1.64. The van der Waals surface area contributed by atoms with Crippen molar-refractivity contribution in [1.82, 2.24) is 0 Å². The highest BCUT2D eigenvalue weighted by atomic mass is 31.1. The highest BCUT2D eigenvalue weighted by molar-refractivity contribution is 7.33. The third kappa shape index (κ3) is 21.0. The molecule has 12 aromatic carbocycles. The van der Waals surface area contributed by atoms with Gasteiger partial charge in [-0.05, 0) is 297 Å². The van der Waals surface area contributed by atoms with Gasteiger partial charge in [0.05, 0.1) is 21.3 Å². The Kier molecular flexibility index (Phi) is 27.5. The van der Waals surface area contributed by atoms with Gasteiger partial charge in [-0.2, -0.15) is 0 Å². The summed E-state index contributed by atoms with van der Waals surface area (Å²) in [7, 11) is -3.32. The van der Waals surface area contributed by atoms with Crippen molar-refractivity contribution in [3.8, 4) is 62.5 Å². The van der Waals surface area contributed by atoms with Crippen molar-refractivity contribution in [2.75, 3.05) is 21.3 Å². The van der Waals surface area contributed by atoms with E-state index in [0.717, 1.165) is 216 Å². The maximum absolute atomic E-state index is 7.52. The molecule has 15 nitrogen and oxygen atoms in total. The Morgan fingerprint density at radius 1 is 0.173 bits per heavy atom. The van der Waals surface area contributed by atoms with Crippen molar-refractivity contribution >= 4 is 121 Å². The van der Waals surface area contributed by atoms with Crippen molar-refractivity contribution < 1.29 is 65.9 Å². The normalized spacial score (nSPS) is 12.6. The van der Waals surface area contributed by atoms with Crippen LogP contribution >= 0.6 is 33.0 Å². The van der Waals surface area contributed by atoms with Crippen LogP contribution in [0, 0.1) is 90.0 Å². The third-order valence-corrected chi connectivity index (χ3v) is 29.9. The molecule has 0 bridgehead atoms. The van der Waals surface area contributed by atoms with Gasteiger partial charge in [0.15, 0.2) is 0 Å². The lowest BCUT2D eigenvalue weighted by Gasteiger charge is -2.28. The van der Waals surface area contributed by atoms with E-state index in [-0.39, 0.29) is 37.9 Å². The molecule has 4 aromatic heterocycles. The minimum Gasteiger partial charge on any atom is -0.497 e. The molecule has 0 fully saturated rings. The van der Waals surface area contributed by atoms with E-state index in [1.165, 1.54) is 0 Å². The van der Waals surface area contributed by atoms with Gasteiger partial charge in [-0.1, -0.05) is 221 Å². The molecule has 0 aliphatic heterocycles. The zero-order valence-electron chi connectivity index (χ0n) is 89.8. The summed E-state index contributed by atoms with van der Waals surface area (Å²) in [6.45, 7) is 80.5. The number of aryl methyl sites for hydroxylation is 13. The Bertz CT molecular complexity index is 7490. The first-order valence-electron chi connectivity index (χ1n) is 48.3. The van der Waals surface area contributed by atoms with Crippen LogP contribution in [0.25, 0.3) is 110 Å². The number of benzene rings is 12. The summed E-state index contributed by atoms with van der Waals surface area (Å²) in [5, 5.41) is 7.66. The second kappa shape index (κ2) is 37.4. The molecule has 0 saturated heterocycles. The maximum Gasteiger partial charge on any atom is 0.453 e. The van der Waals surface area contributed by atoms with Gasteiger partial charge in [-0.3, -0.25) is 0 Å². The fourth-order valence-corrected chi connectivity index (χ4v) is 23.9. The van der Waals surface area contributed by atoms with E-state index >= 15 is 0 Å². The molecule has 0 radical (unpaired) electrons. The van der Waals surface area contributed by atoms with Crippen molar-refractivity contribution in [3.63, 3.8) is 0 Å². The summed E-state index contributed by atoms with van der Waals surface area (Å²) < 4.78 is 105. The monoisotopic (exact) mass is 1950 g/mol. The first-order chi connectivity index (χ1) is 64.6. The van der Waals surface area contributed by atoms with Gasteiger partial charge >= 0.3 is 33.0 Å². The van der Waals surface area contributed by atoms with E-state index in [9.17, 15) is 0 Å². The fraction of sp³-hybridized carbons (Fsp3) is 0.400. The summed E-state index contributed by atoms with van der Waals surface area (Å²) in [4.78, 5) is 0. The van der Waals surface area contributed by atoms with Crippen LogP contribution in [0.1, 0.15) is 283 Å². The van der Waals surface area contributed by atoms with Crippen molar-refractivity contribution in [2.45, 2.75) is 299 Å². The van der Waals surface area contributed by atoms with Crippen molar-refractivity contribution in [2.24, 2.45) is 0 Å². The van der Waals surface area contributed by atoms with Crippen LogP contribution in [-0.4, -0.2) is 21.3 Å². The topological polar surface area (TPSA) is 170 Å². The zero-order chi connectivity index (χ0) is 102. The van der Waals surface area contributed by atoms with E-state index in [0.29, 0.717) is 51.4 Å². The first-order valence-corrected chi connectivity index (χ1v) is 52.7. The Morgan fingerprint density at radius 3 is 0.612 bits per heavy atom. The summed E-state index contributed by atoms with van der Waals surface area (Å²) in [6, 6.07) is 51.8.